The first-order chi connectivity index (χ1) is 8.91. The second-order valence-corrected chi connectivity index (χ2v) is 5.12. The van der Waals surface area contributed by atoms with Gasteiger partial charge in [-0.3, -0.25) is 4.79 Å². The molecule has 0 atom stereocenters. The molecule has 0 aliphatic carbocycles. The van der Waals surface area contributed by atoms with Gasteiger partial charge in [-0.1, -0.05) is 0 Å². The molecule has 0 unspecified atom stereocenters. The molecule has 0 heterocycles. The van der Waals surface area contributed by atoms with Crippen molar-refractivity contribution in [2.75, 3.05) is 26.4 Å². The van der Waals surface area contributed by atoms with E-state index >= 15 is 0 Å². The number of rotatable bonds is 5. The number of hydrogen-bond donors (Lipinski definition) is 1. The third kappa shape index (κ3) is 4.90. The Morgan fingerprint density at radius 3 is 2.68 bits per heavy atom. The van der Waals surface area contributed by atoms with Crippen molar-refractivity contribution in [1.82, 2.24) is 4.90 Å². The Balaban J connectivity index is 2.44. The number of carbonyl (C=O) groups is 2. The molecular weight excluding hydrogens is 312 g/mol. The average Bonchev–Trinajstić information content (AvgIpc) is 2.36. The van der Waals surface area contributed by atoms with Crippen LogP contribution in [0.25, 0.3) is 0 Å². The highest BCUT2D eigenvalue weighted by Crippen LogP contribution is 2.20. The molecule has 0 saturated heterocycles. The molecule has 0 fully saturated rings. The number of hydrogen-bond acceptors (Lipinski definition) is 4. The van der Waals surface area contributed by atoms with Gasteiger partial charge in [0.05, 0.1) is 12.2 Å². The quantitative estimate of drug-likeness (QED) is 0.510. The number of anilines is 1. The van der Waals surface area contributed by atoms with Gasteiger partial charge in [0, 0.05) is 30.7 Å². The van der Waals surface area contributed by atoms with Crippen LogP contribution in [0.2, 0.25) is 0 Å². The minimum atomic E-state index is -0.448. The molecule has 2 N–H and O–H groups in total. The lowest BCUT2D eigenvalue weighted by Gasteiger charge is -2.10. The second kappa shape index (κ2) is 7.13. The molecule has 19 heavy (non-hydrogen) atoms. The molecule has 104 valence electrons. The minimum absolute atomic E-state index is 0.0150. The molecule has 0 bridgehead atoms. The van der Waals surface area contributed by atoms with Gasteiger partial charge in [-0.15, -0.1) is 0 Å². The van der Waals surface area contributed by atoms with Gasteiger partial charge in [-0.05, 0) is 40.5 Å². The van der Waals surface area contributed by atoms with Crippen molar-refractivity contribution < 1.29 is 14.3 Å². The van der Waals surface area contributed by atoms with Crippen LogP contribution in [0, 0.1) is 0 Å². The zero-order valence-corrected chi connectivity index (χ0v) is 12.6. The summed E-state index contributed by atoms with van der Waals surface area (Å²) in [6.45, 7) is 0.208. The number of benzene rings is 1. The average molecular weight is 329 g/mol. The molecule has 0 aliphatic heterocycles. The van der Waals surface area contributed by atoms with Gasteiger partial charge in [-0.25, -0.2) is 4.79 Å². The summed E-state index contributed by atoms with van der Waals surface area (Å²) in [6, 6.07) is 4.94. The smallest absolute Gasteiger partial charge is 0.339 e. The van der Waals surface area contributed by atoms with E-state index in [0.29, 0.717) is 28.6 Å². The first kappa shape index (κ1) is 15.5. The van der Waals surface area contributed by atoms with Crippen LogP contribution in [0.5, 0.6) is 0 Å². The summed E-state index contributed by atoms with van der Waals surface area (Å²) in [4.78, 5) is 24.6. The van der Waals surface area contributed by atoms with E-state index in [0.717, 1.165) is 0 Å². The monoisotopic (exact) mass is 328 g/mol. The van der Waals surface area contributed by atoms with Gasteiger partial charge in [0.25, 0.3) is 0 Å². The standard InChI is InChI=1S/C13H17BrN2O3/c1-16(2)12(17)4-3-7-19-13(18)10-8-9(15)5-6-11(10)14/h5-6,8H,3-4,7,15H2,1-2H3. The summed E-state index contributed by atoms with van der Waals surface area (Å²) in [5.41, 5.74) is 6.50. The predicted molar refractivity (Wildman–Crippen MR) is 76.8 cm³/mol. The van der Waals surface area contributed by atoms with Gasteiger partial charge in [0.2, 0.25) is 5.91 Å². The largest absolute Gasteiger partial charge is 0.462 e. The van der Waals surface area contributed by atoms with Crippen LogP contribution < -0.4 is 5.73 Å². The van der Waals surface area contributed by atoms with Crippen molar-refractivity contribution in [2.24, 2.45) is 0 Å². The maximum Gasteiger partial charge on any atom is 0.339 e. The summed E-state index contributed by atoms with van der Waals surface area (Å²) in [5, 5.41) is 0. The van der Waals surface area contributed by atoms with Crippen molar-refractivity contribution in [3.05, 3.63) is 28.2 Å². The molecule has 1 rings (SSSR count). The van der Waals surface area contributed by atoms with Gasteiger partial charge >= 0.3 is 5.97 Å². The Morgan fingerprint density at radius 1 is 1.37 bits per heavy atom. The summed E-state index contributed by atoms with van der Waals surface area (Å²) in [6.07, 6.45) is 0.862. The SMILES string of the molecule is CN(C)C(=O)CCCOC(=O)c1cc(N)ccc1Br. The third-order valence-electron chi connectivity index (χ3n) is 2.48. The van der Waals surface area contributed by atoms with Crippen LogP contribution in [0.3, 0.4) is 0 Å². The van der Waals surface area contributed by atoms with Crippen molar-refractivity contribution >= 4 is 33.5 Å². The highest BCUT2D eigenvalue weighted by atomic mass is 79.9. The lowest BCUT2D eigenvalue weighted by molar-refractivity contribution is -0.128. The molecule has 1 aromatic carbocycles. The van der Waals surface area contributed by atoms with Crippen LogP contribution in [0.15, 0.2) is 22.7 Å². The fourth-order valence-corrected chi connectivity index (χ4v) is 1.80. The maximum atomic E-state index is 11.8. The Morgan fingerprint density at radius 2 is 2.05 bits per heavy atom. The van der Waals surface area contributed by atoms with E-state index < -0.39 is 5.97 Å². The van der Waals surface area contributed by atoms with Crippen molar-refractivity contribution in [1.29, 1.82) is 0 Å². The Kier molecular flexibility index (Phi) is 5.82. The fraction of sp³-hybridized carbons (Fsp3) is 0.385. The van der Waals surface area contributed by atoms with Gasteiger partial charge < -0.3 is 15.4 Å². The predicted octanol–water partition coefficient (Wildman–Crippen LogP) is 2.06. The maximum absolute atomic E-state index is 11.8. The van der Waals surface area contributed by atoms with Crippen LogP contribution in [0.4, 0.5) is 5.69 Å². The number of esters is 1. The van der Waals surface area contributed by atoms with E-state index in [1.165, 1.54) is 4.90 Å². The lowest BCUT2D eigenvalue weighted by atomic mass is 10.2. The number of nitrogen functional groups attached to an aromatic ring is 1. The lowest BCUT2D eigenvalue weighted by Crippen LogP contribution is -2.21. The van der Waals surface area contributed by atoms with Gasteiger partial charge in [-0.2, -0.15) is 0 Å². The fourth-order valence-electron chi connectivity index (χ4n) is 1.39. The summed E-state index contributed by atoms with van der Waals surface area (Å²) >= 11 is 3.27. The molecule has 0 aromatic heterocycles. The van der Waals surface area contributed by atoms with Crippen molar-refractivity contribution in [3.63, 3.8) is 0 Å². The molecule has 0 aliphatic rings. The summed E-state index contributed by atoms with van der Waals surface area (Å²) < 4.78 is 5.73. The van der Waals surface area contributed by atoms with E-state index in [4.69, 9.17) is 10.5 Å². The molecule has 1 aromatic rings. The molecular formula is C13H17BrN2O3. The number of nitrogens with two attached hydrogens (primary N) is 1. The van der Waals surface area contributed by atoms with Crippen LogP contribution in [0.1, 0.15) is 23.2 Å². The Hall–Kier alpha value is -1.56. The zero-order valence-electron chi connectivity index (χ0n) is 11.0. The summed E-state index contributed by atoms with van der Waals surface area (Å²) in [7, 11) is 3.39. The molecule has 1 amide bonds. The summed E-state index contributed by atoms with van der Waals surface area (Å²) in [5.74, 6) is -0.433. The van der Waals surface area contributed by atoms with Gasteiger partial charge in [0.1, 0.15) is 0 Å². The topological polar surface area (TPSA) is 72.6 Å². The molecule has 0 radical (unpaired) electrons. The molecule has 5 nitrogen and oxygen atoms in total. The molecule has 6 heteroatoms. The zero-order chi connectivity index (χ0) is 14.4. The number of amides is 1. The molecule has 0 spiro atoms. The third-order valence-corrected chi connectivity index (χ3v) is 3.17. The van der Waals surface area contributed by atoms with E-state index in [2.05, 4.69) is 15.9 Å². The van der Waals surface area contributed by atoms with Crippen molar-refractivity contribution in [3.8, 4) is 0 Å². The number of nitrogens with zero attached hydrogens (tertiary/aromatic N) is 1. The minimum Gasteiger partial charge on any atom is -0.462 e. The van der Waals surface area contributed by atoms with Crippen molar-refractivity contribution in [2.45, 2.75) is 12.8 Å². The highest BCUT2D eigenvalue weighted by Gasteiger charge is 2.12. The highest BCUT2D eigenvalue weighted by molar-refractivity contribution is 9.10. The van der Waals surface area contributed by atoms with E-state index in [1.807, 2.05) is 0 Å². The Labute approximate surface area is 120 Å². The second-order valence-electron chi connectivity index (χ2n) is 4.27. The first-order valence-corrected chi connectivity index (χ1v) is 6.63. The van der Waals surface area contributed by atoms with Crippen LogP contribution in [-0.2, 0) is 9.53 Å². The van der Waals surface area contributed by atoms with E-state index in [9.17, 15) is 9.59 Å². The van der Waals surface area contributed by atoms with Gasteiger partial charge in [0.15, 0.2) is 0 Å². The number of carbonyl (C=O) groups excluding carboxylic acids is 2. The normalized spacial score (nSPS) is 10.1. The van der Waals surface area contributed by atoms with Crippen LogP contribution in [-0.4, -0.2) is 37.5 Å². The molecule has 0 saturated carbocycles. The first-order valence-electron chi connectivity index (χ1n) is 5.84. The van der Waals surface area contributed by atoms with E-state index in [-0.39, 0.29) is 12.5 Å². The number of halogens is 1. The van der Waals surface area contributed by atoms with E-state index in [1.54, 1.807) is 32.3 Å². The number of ether oxygens (including phenoxy) is 1. The Bertz CT molecular complexity index is 475. The van der Waals surface area contributed by atoms with Crippen LogP contribution >= 0.6 is 15.9 Å².